The standard InChI is InChI=1S/C13H20N4O2S/c1-15-2-4-17(5-3-15)13-14-11(10-20-13)12(18)16-6-8-19-9-7-16/h10H,2-9H2,1H3. The number of hydrogen-bond acceptors (Lipinski definition) is 6. The number of nitrogens with zero attached hydrogens (tertiary/aromatic N) is 4. The molecule has 1 aromatic rings. The molecule has 2 fully saturated rings. The minimum absolute atomic E-state index is 0.0323. The summed E-state index contributed by atoms with van der Waals surface area (Å²) in [6, 6.07) is 0. The van der Waals surface area contributed by atoms with Crippen molar-refractivity contribution in [2.45, 2.75) is 0 Å². The molecule has 3 heterocycles. The average Bonchev–Trinajstić information content (AvgIpc) is 2.98. The zero-order valence-electron chi connectivity index (χ0n) is 11.7. The van der Waals surface area contributed by atoms with Crippen LogP contribution in [0.1, 0.15) is 10.5 Å². The Labute approximate surface area is 122 Å². The van der Waals surface area contributed by atoms with Gasteiger partial charge in [0.05, 0.1) is 13.2 Å². The average molecular weight is 296 g/mol. The Kier molecular flexibility index (Phi) is 4.18. The number of likely N-dealkylation sites (N-methyl/N-ethyl adjacent to an activating group) is 1. The Balaban J connectivity index is 1.65. The first-order valence-corrected chi connectivity index (χ1v) is 7.88. The summed E-state index contributed by atoms with van der Waals surface area (Å²) >= 11 is 1.57. The number of carbonyl (C=O) groups is 1. The van der Waals surface area contributed by atoms with Crippen molar-refractivity contribution in [2.75, 3.05) is 64.4 Å². The van der Waals surface area contributed by atoms with Gasteiger partial charge in [0, 0.05) is 44.6 Å². The summed E-state index contributed by atoms with van der Waals surface area (Å²) in [7, 11) is 2.13. The number of ether oxygens (including phenoxy) is 1. The normalized spacial score (nSPS) is 21.2. The Morgan fingerprint density at radius 2 is 1.90 bits per heavy atom. The lowest BCUT2D eigenvalue weighted by atomic mass is 10.3. The van der Waals surface area contributed by atoms with Gasteiger partial charge in [-0.3, -0.25) is 4.79 Å². The summed E-state index contributed by atoms with van der Waals surface area (Å²) in [4.78, 5) is 23.3. The Hall–Kier alpha value is -1.18. The largest absolute Gasteiger partial charge is 0.378 e. The lowest BCUT2D eigenvalue weighted by Gasteiger charge is -2.32. The van der Waals surface area contributed by atoms with Gasteiger partial charge in [-0.15, -0.1) is 11.3 Å². The minimum atomic E-state index is 0.0323. The third-order valence-electron chi connectivity index (χ3n) is 3.78. The van der Waals surface area contributed by atoms with Gasteiger partial charge < -0.3 is 19.4 Å². The molecule has 6 nitrogen and oxygen atoms in total. The van der Waals surface area contributed by atoms with Crippen LogP contribution in [-0.4, -0.2) is 80.2 Å². The van der Waals surface area contributed by atoms with E-state index in [0.29, 0.717) is 32.0 Å². The zero-order chi connectivity index (χ0) is 13.9. The predicted molar refractivity (Wildman–Crippen MR) is 78.5 cm³/mol. The minimum Gasteiger partial charge on any atom is -0.378 e. The Morgan fingerprint density at radius 1 is 1.20 bits per heavy atom. The topological polar surface area (TPSA) is 48.9 Å². The monoisotopic (exact) mass is 296 g/mol. The second kappa shape index (κ2) is 6.07. The summed E-state index contributed by atoms with van der Waals surface area (Å²) in [5.41, 5.74) is 0.575. The number of anilines is 1. The summed E-state index contributed by atoms with van der Waals surface area (Å²) in [5, 5.41) is 2.85. The van der Waals surface area contributed by atoms with E-state index in [1.807, 2.05) is 10.3 Å². The maximum absolute atomic E-state index is 12.3. The van der Waals surface area contributed by atoms with Crippen LogP contribution < -0.4 is 4.90 Å². The molecule has 0 aromatic carbocycles. The van der Waals surface area contributed by atoms with Crippen molar-refractivity contribution < 1.29 is 9.53 Å². The molecule has 2 saturated heterocycles. The second-order valence-electron chi connectivity index (χ2n) is 5.21. The molecule has 3 rings (SSSR count). The van der Waals surface area contributed by atoms with E-state index in [1.54, 1.807) is 11.3 Å². The van der Waals surface area contributed by atoms with Gasteiger partial charge in [-0.2, -0.15) is 0 Å². The maximum atomic E-state index is 12.3. The molecule has 0 saturated carbocycles. The highest BCUT2D eigenvalue weighted by molar-refractivity contribution is 7.13. The number of hydrogen-bond donors (Lipinski definition) is 0. The van der Waals surface area contributed by atoms with Crippen LogP contribution in [0.25, 0.3) is 0 Å². The van der Waals surface area contributed by atoms with E-state index >= 15 is 0 Å². The van der Waals surface area contributed by atoms with E-state index in [0.717, 1.165) is 31.3 Å². The Bertz CT molecular complexity index is 465. The SMILES string of the molecule is CN1CCN(c2nc(C(=O)N3CCOCC3)cs2)CC1. The molecule has 0 atom stereocenters. The van der Waals surface area contributed by atoms with Gasteiger partial charge in [-0.25, -0.2) is 4.98 Å². The molecule has 20 heavy (non-hydrogen) atoms. The first-order valence-electron chi connectivity index (χ1n) is 7.00. The highest BCUT2D eigenvalue weighted by Crippen LogP contribution is 2.22. The molecule has 1 amide bonds. The van der Waals surface area contributed by atoms with Gasteiger partial charge in [0.2, 0.25) is 0 Å². The first-order chi connectivity index (χ1) is 9.74. The van der Waals surface area contributed by atoms with Crippen molar-refractivity contribution in [3.05, 3.63) is 11.1 Å². The van der Waals surface area contributed by atoms with E-state index in [4.69, 9.17) is 4.74 Å². The van der Waals surface area contributed by atoms with E-state index in [9.17, 15) is 4.79 Å². The number of amides is 1. The van der Waals surface area contributed by atoms with Gasteiger partial charge in [0.25, 0.3) is 5.91 Å². The number of aromatic nitrogens is 1. The first kappa shape index (κ1) is 13.8. The van der Waals surface area contributed by atoms with E-state index in [1.165, 1.54) is 0 Å². The molecule has 2 aliphatic heterocycles. The van der Waals surface area contributed by atoms with Crippen LogP contribution in [-0.2, 0) is 4.74 Å². The lowest BCUT2D eigenvalue weighted by Crippen LogP contribution is -2.44. The highest BCUT2D eigenvalue weighted by atomic mass is 32.1. The molecule has 0 radical (unpaired) electrons. The van der Waals surface area contributed by atoms with Crippen LogP contribution >= 0.6 is 11.3 Å². The number of morpholine rings is 1. The van der Waals surface area contributed by atoms with E-state index in [-0.39, 0.29) is 5.91 Å². The summed E-state index contributed by atoms with van der Waals surface area (Å²) in [6.07, 6.45) is 0. The van der Waals surface area contributed by atoms with Crippen molar-refractivity contribution in [1.29, 1.82) is 0 Å². The molecule has 2 aliphatic rings. The van der Waals surface area contributed by atoms with Crippen LogP contribution in [0.2, 0.25) is 0 Å². The second-order valence-corrected chi connectivity index (χ2v) is 6.05. The van der Waals surface area contributed by atoms with Crippen LogP contribution in [0.15, 0.2) is 5.38 Å². The number of rotatable bonds is 2. The fourth-order valence-corrected chi connectivity index (χ4v) is 3.29. The maximum Gasteiger partial charge on any atom is 0.273 e. The van der Waals surface area contributed by atoms with Crippen LogP contribution in [0.3, 0.4) is 0 Å². The quantitative estimate of drug-likeness (QED) is 0.789. The van der Waals surface area contributed by atoms with Gasteiger partial charge in [0.15, 0.2) is 5.13 Å². The molecule has 0 bridgehead atoms. The summed E-state index contributed by atoms with van der Waals surface area (Å²) in [6.45, 7) is 6.64. The molecule has 0 N–H and O–H groups in total. The van der Waals surface area contributed by atoms with Crippen molar-refractivity contribution in [1.82, 2.24) is 14.8 Å². The molecule has 1 aromatic heterocycles. The van der Waals surface area contributed by atoms with E-state index in [2.05, 4.69) is 21.8 Å². The molecular formula is C13H20N4O2S. The summed E-state index contributed by atoms with van der Waals surface area (Å²) < 4.78 is 5.27. The van der Waals surface area contributed by atoms with Crippen LogP contribution in [0, 0.1) is 0 Å². The third kappa shape index (κ3) is 2.94. The molecule has 0 spiro atoms. The molecule has 0 unspecified atom stereocenters. The smallest absolute Gasteiger partial charge is 0.273 e. The lowest BCUT2D eigenvalue weighted by molar-refractivity contribution is 0.0299. The molecule has 110 valence electrons. The molecular weight excluding hydrogens is 276 g/mol. The van der Waals surface area contributed by atoms with Crippen LogP contribution in [0.4, 0.5) is 5.13 Å². The van der Waals surface area contributed by atoms with Crippen molar-refractivity contribution in [3.8, 4) is 0 Å². The van der Waals surface area contributed by atoms with E-state index < -0.39 is 0 Å². The van der Waals surface area contributed by atoms with Crippen molar-refractivity contribution >= 4 is 22.4 Å². The van der Waals surface area contributed by atoms with Gasteiger partial charge in [0.1, 0.15) is 5.69 Å². The van der Waals surface area contributed by atoms with Crippen molar-refractivity contribution in [3.63, 3.8) is 0 Å². The Morgan fingerprint density at radius 3 is 2.60 bits per heavy atom. The highest BCUT2D eigenvalue weighted by Gasteiger charge is 2.23. The van der Waals surface area contributed by atoms with Gasteiger partial charge in [-0.1, -0.05) is 0 Å². The van der Waals surface area contributed by atoms with Crippen LogP contribution in [0.5, 0.6) is 0 Å². The number of thiazole rings is 1. The molecule has 7 heteroatoms. The third-order valence-corrected chi connectivity index (χ3v) is 4.68. The van der Waals surface area contributed by atoms with Crippen molar-refractivity contribution in [2.24, 2.45) is 0 Å². The summed E-state index contributed by atoms with van der Waals surface area (Å²) in [5.74, 6) is 0.0323. The van der Waals surface area contributed by atoms with Gasteiger partial charge in [-0.05, 0) is 7.05 Å². The fourth-order valence-electron chi connectivity index (χ4n) is 2.43. The van der Waals surface area contributed by atoms with Gasteiger partial charge >= 0.3 is 0 Å². The number of carbonyl (C=O) groups excluding carboxylic acids is 1. The fraction of sp³-hybridized carbons (Fsp3) is 0.692. The predicted octanol–water partition coefficient (Wildman–Crippen LogP) is 0.367. The molecule has 0 aliphatic carbocycles. The number of piperazine rings is 1. The zero-order valence-corrected chi connectivity index (χ0v) is 12.6.